The molecule has 4 aromatic rings. The average molecular weight is 502 g/mol. The van der Waals surface area contributed by atoms with Gasteiger partial charge in [-0.05, 0) is 64.7 Å². The third-order valence-corrected chi connectivity index (χ3v) is 6.80. The van der Waals surface area contributed by atoms with Crippen LogP contribution >= 0.6 is 0 Å². The fourth-order valence-corrected chi connectivity index (χ4v) is 4.86. The molecule has 3 aromatic carbocycles. The first-order valence-electron chi connectivity index (χ1n) is 11.7. The third-order valence-electron chi connectivity index (χ3n) is 6.80. The van der Waals surface area contributed by atoms with Crippen LogP contribution in [0.25, 0.3) is 5.69 Å². The van der Waals surface area contributed by atoms with Gasteiger partial charge in [-0.2, -0.15) is 5.10 Å². The quantitative estimate of drug-likeness (QED) is 0.266. The predicted molar refractivity (Wildman–Crippen MR) is 135 cm³/mol. The summed E-state index contributed by atoms with van der Waals surface area (Å²) >= 11 is 0. The van der Waals surface area contributed by atoms with Gasteiger partial charge in [0.15, 0.2) is 0 Å². The molecule has 1 aromatic heterocycles. The van der Waals surface area contributed by atoms with Crippen LogP contribution in [0.1, 0.15) is 62.7 Å². The number of carbonyl (C=O) groups is 1. The number of aromatic nitrogens is 2. The third kappa shape index (κ3) is 4.38. The van der Waals surface area contributed by atoms with Crippen molar-refractivity contribution >= 4 is 11.7 Å². The van der Waals surface area contributed by atoms with Crippen LogP contribution in [-0.4, -0.2) is 28.6 Å². The molecule has 0 radical (unpaired) electrons. The molecule has 0 saturated carbocycles. The van der Waals surface area contributed by atoms with Crippen LogP contribution in [-0.2, 0) is 11.3 Å². The first-order valence-corrected chi connectivity index (χ1v) is 11.7. The Kier molecular flexibility index (Phi) is 6.31. The molecule has 1 heterocycles. The largest absolute Gasteiger partial charge is 0.384 e. The van der Waals surface area contributed by atoms with Crippen LogP contribution in [0, 0.1) is 17.0 Å². The van der Waals surface area contributed by atoms with E-state index in [1.54, 1.807) is 30.1 Å². The van der Waals surface area contributed by atoms with Crippen molar-refractivity contribution in [1.82, 2.24) is 15.1 Å². The number of carbonyl (C=O) groups excluding carboxylic acids is 1. The normalized spacial score (nSPS) is 16.1. The van der Waals surface area contributed by atoms with Gasteiger partial charge in [0, 0.05) is 48.7 Å². The minimum atomic E-state index is -0.878. The van der Waals surface area contributed by atoms with E-state index in [-0.39, 0.29) is 29.7 Å². The number of halogens is 2. The van der Waals surface area contributed by atoms with E-state index in [0.717, 1.165) is 40.1 Å². The Hall–Kier alpha value is -4.37. The zero-order valence-electron chi connectivity index (χ0n) is 20.3. The topological polar surface area (TPSA) is 106 Å². The van der Waals surface area contributed by atoms with Gasteiger partial charge in [-0.1, -0.05) is 19.1 Å². The highest BCUT2D eigenvalue weighted by Crippen LogP contribution is 2.44. The van der Waals surface area contributed by atoms with Crippen LogP contribution in [0.5, 0.6) is 0 Å². The first kappa shape index (κ1) is 24.3. The van der Waals surface area contributed by atoms with Crippen molar-refractivity contribution in [3.8, 4) is 5.69 Å². The lowest BCUT2D eigenvalue weighted by Gasteiger charge is -2.32. The molecule has 4 N–H and O–H groups in total. The Bertz CT molecular complexity index is 1490. The molecule has 5 rings (SSSR count). The second-order valence-electron chi connectivity index (χ2n) is 8.96. The Morgan fingerprint density at radius 3 is 2.35 bits per heavy atom. The summed E-state index contributed by atoms with van der Waals surface area (Å²) in [6.45, 7) is 1.72. The average Bonchev–Trinajstić information content (AvgIpc) is 3.43. The van der Waals surface area contributed by atoms with Gasteiger partial charge in [-0.3, -0.25) is 10.2 Å². The van der Waals surface area contributed by atoms with E-state index >= 15 is 0 Å². The molecule has 0 spiro atoms. The lowest BCUT2D eigenvalue weighted by Crippen LogP contribution is -2.25. The molecule has 1 amide bonds. The zero-order valence-corrected chi connectivity index (χ0v) is 20.3. The van der Waals surface area contributed by atoms with E-state index in [4.69, 9.17) is 15.9 Å². The van der Waals surface area contributed by atoms with Crippen molar-refractivity contribution in [2.45, 2.75) is 25.5 Å². The molecule has 1 aliphatic carbocycles. The second-order valence-corrected chi connectivity index (χ2v) is 8.96. The lowest BCUT2D eigenvalue weighted by atomic mass is 9.76. The van der Waals surface area contributed by atoms with Gasteiger partial charge in [0.05, 0.1) is 5.69 Å². The van der Waals surface area contributed by atoms with E-state index in [1.165, 1.54) is 0 Å². The number of amides is 1. The molecule has 37 heavy (non-hydrogen) atoms. The summed E-state index contributed by atoms with van der Waals surface area (Å²) in [5.74, 6) is -2.69. The van der Waals surface area contributed by atoms with Gasteiger partial charge >= 0.3 is 0 Å². The van der Waals surface area contributed by atoms with E-state index in [2.05, 4.69) is 23.4 Å². The fourth-order valence-electron chi connectivity index (χ4n) is 4.86. The number of nitrogens with zero attached hydrogens (tertiary/aromatic N) is 2. The van der Waals surface area contributed by atoms with Gasteiger partial charge < -0.3 is 15.8 Å². The number of hydrogen-bond donors (Lipinski definition) is 3. The molecule has 2 atom stereocenters. The lowest BCUT2D eigenvalue weighted by molar-refractivity contribution is 0.0949. The Balaban J connectivity index is 1.42. The SMILES string of the molecule is CO[C@@H]1c2ccc(C(=O)NCc3c(F)cc(C(=N)N)cc3F)cc2[C@H](C)c2cc(-n3cccn3)ccc21. The first-order chi connectivity index (χ1) is 17.8. The fraction of sp³-hybridized carbons (Fsp3) is 0.179. The highest BCUT2D eigenvalue weighted by Gasteiger charge is 2.31. The number of hydrogen-bond acceptors (Lipinski definition) is 4. The number of ether oxygens (including phenoxy) is 1. The van der Waals surface area contributed by atoms with Crippen molar-refractivity contribution < 1.29 is 18.3 Å². The molecular formula is C28H25F2N5O2. The number of methoxy groups -OCH3 is 1. The summed E-state index contributed by atoms with van der Waals surface area (Å²) in [6.07, 6.45) is 3.29. The molecule has 0 bridgehead atoms. The van der Waals surface area contributed by atoms with Crippen LogP contribution in [0.15, 0.2) is 67.0 Å². The molecule has 0 unspecified atom stereocenters. The standard InChI is InChI=1S/C28H25F2N5O2/c1-15-21-10-16(28(36)33-14-23-24(29)11-17(27(31)32)12-25(23)30)4-6-19(21)26(37-2)20-7-5-18(13-22(15)20)35-9-3-8-34-35/h3-13,15,26H,14H2,1-2H3,(H3,31,32)(H,33,36)/t15-,26+/m0/s1. The maximum atomic E-state index is 14.4. The number of rotatable bonds is 6. The Labute approximate surface area is 212 Å². The summed E-state index contributed by atoms with van der Waals surface area (Å²) in [7, 11) is 1.65. The predicted octanol–water partition coefficient (Wildman–Crippen LogP) is 4.57. The minimum absolute atomic E-state index is 0.0336. The maximum Gasteiger partial charge on any atom is 0.251 e. The molecule has 1 aliphatic rings. The molecule has 188 valence electrons. The van der Waals surface area contributed by atoms with Gasteiger partial charge in [-0.15, -0.1) is 0 Å². The highest BCUT2D eigenvalue weighted by atomic mass is 19.1. The van der Waals surface area contributed by atoms with E-state index in [9.17, 15) is 13.6 Å². The van der Waals surface area contributed by atoms with Gasteiger partial charge in [0.1, 0.15) is 23.6 Å². The monoisotopic (exact) mass is 501 g/mol. The summed E-state index contributed by atoms with van der Waals surface area (Å²) in [6, 6.07) is 15.3. The zero-order chi connectivity index (χ0) is 26.3. The number of amidine groups is 1. The van der Waals surface area contributed by atoms with Crippen LogP contribution in [0.3, 0.4) is 0 Å². The van der Waals surface area contributed by atoms with Crippen molar-refractivity contribution in [1.29, 1.82) is 5.41 Å². The van der Waals surface area contributed by atoms with Crippen LogP contribution in [0.2, 0.25) is 0 Å². The van der Waals surface area contributed by atoms with E-state index in [0.29, 0.717) is 5.56 Å². The number of nitrogen functional groups attached to an aromatic ring is 1. The molecular weight excluding hydrogens is 476 g/mol. The van der Waals surface area contributed by atoms with Crippen molar-refractivity contribution in [2.24, 2.45) is 5.73 Å². The van der Waals surface area contributed by atoms with Gasteiger partial charge in [0.25, 0.3) is 5.91 Å². The molecule has 0 aliphatic heterocycles. The van der Waals surface area contributed by atoms with Crippen molar-refractivity contribution in [2.75, 3.05) is 7.11 Å². The number of nitrogens with two attached hydrogens (primary N) is 1. The van der Waals surface area contributed by atoms with E-state index < -0.39 is 23.4 Å². The Morgan fingerprint density at radius 2 is 1.73 bits per heavy atom. The number of fused-ring (bicyclic) bond motifs is 2. The van der Waals surface area contributed by atoms with Crippen LogP contribution in [0.4, 0.5) is 8.78 Å². The maximum absolute atomic E-state index is 14.4. The summed E-state index contributed by atoms with van der Waals surface area (Å²) in [4.78, 5) is 13.0. The second kappa shape index (κ2) is 9.59. The van der Waals surface area contributed by atoms with Crippen LogP contribution < -0.4 is 11.1 Å². The number of benzene rings is 3. The molecule has 0 saturated heterocycles. The molecule has 9 heteroatoms. The van der Waals surface area contributed by atoms with Crippen molar-refractivity contribution in [3.05, 3.63) is 118 Å². The summed E-state index contributed by atoms with van der Waals surface area (Å²) in [5.41, 5.74) is 10.3. The molecule has 0 fully saturated rings. The minimum Gasteiger partial charge on any atom is -0.384 e. The summed E-state index contributed by atoms with van der Waals surface area (Å²) < 4.78 is 36.4. The smallest absolute Gasteiger partial charge is 0.251 e. The highest BCUT2D eigenvalue weighted by molar-refractivity contribution is 5.95. The van der Waals surface area contributed by atoms with Crippen molar-refractivity contribution in [3.63, 3.8) is 0 Å². The van der Waals surface area contributed by atoms with Gasteiger partial charge in [-0.25, -0.2) is 13.5 Å². The van der Waals surface area contributed by atoms with Gasteiger partial charge in [0.2, 0.25) is 0 Å². The summed E-state index contributed by atoms with van der Waals surface area (Å²) in [5, 5.41) is 14.3. The molecule has 7 nitrogen and oxygen atoms in total. The Morgan fingerprint density at radius 1 is 1.05 bits per heavy atom. The number of nitrogens with one attached hydrogen (secondary N) is 2. The van der Waals surface area contributed by atoms with E-state index in [1.807, 2.05) is 30.5 Å².